The maximum absolute atomic E-state index is 11.3. The van der Waals surface area contributed by atoms with E-state index in [4.69, 9.17) is 12.2 Å². The van der Waals surface area contributed by atoms with Gasteiger partial charge >= 0.3 is 0 Å². The van der Waals surface area contributed by atoms with Crippen LogP contribution in [0.5, 0.6) is 0 Å². The third-order valence-corrected chi connectivity index (χ3v) is 2.72. The van der Waals surface area contributed by atoms with Crippen LogP contribution in [0.3, 0.4) is 0 Å². The number of terminal acetylenes is 1. The van der Waals surface area contributed by atoms with E-state index >= 15 is 0 Å². The highest BCUT2D eigenvalue weighted by atomic mass is 16.2. The van der Waals surface area contributed by atoms with E-state index in [-0.39, 0.29) is 12.5 Å². The van der Waals surface area contributed by atoms with Gasteiger partial charge < -0.3 is 16.0 Å². The van der Waals surface area contributed by atoms with Crippen LogP contribution in [0.4, 0.5) is 0 Å². The van der Waals surface area contributed by atoms with Gasteiger partial charge in [-0.25, -0.2) is 0 Å². The van der Waals surface area contributed by atoms with Crippen molar-refractivity contribution >= 4 is 5.91 Å². The molecule has 1 fully saturated rings. The van der Waals surface area contributed by atoms with Crippen molar-refractivity contribution in [1.82, 2.24) is 10.2 Å². The Hall–Kier alpha value is -1.05. The number of hydrogen-bond acceptors (Lipinski definition) is 3. The molecule has 0 radical (unpaired) electrons. The lowest BCUT2D eigenvalue weighted by atomic mass is 10.0. The zero-order chi connectivity index (χ0) is 11.1. The van der Waals surface area contributed by atoms with Gasteiger partial charge in [-0.05, 0) is 12.8 Å². The minimum atomic E-state index is 0.0528. The Bertz CT molecular complexity index is 239. The van der Waals surface area contributed by atoms with Crippen molar-refractivity contribution in [2.24, 2.45) is 5.73 Å². The number of nitrogens with one attached hydrogen (secondary N) is 1. The van der Waals surface area contributed by atoms with Crippen molar-refractivity contribution in [3.05, 3.63) is 0 Å². The average Bonchev–Trinajstić information content (AvgIpc) is 2.29. The monoisotopic (exact) mass is 209 g/mol. The predicted molar refractivity (Wildman–Crippen MR) is 60.1 cm³/mol. The molecule has 0 atom stereocenters. The second-order valence-electron chi connectivity index (χ2n) is 3.77. The molecule has 1 saturated heterocycles. The first-order valence-electron chi connectivity index (χ1n) is 5.42. The van der Waals surface area contributed by atoms with E-state index in [0.29, 0.717) is 6.04 Å². The van der Waals surface area contributed by atoms with Crippen LogP contribution in [0, 0.1) is 12.3 Å². The minimum Gasteiger partial charge on any atom is -0.341 e. The highest BCUT2D eigenvalue weighted by Gasteiger charge is 2.20. The van der Waals surface area contributed by atoms with Crippen molar-refractivity contribution in [3.63, 3.8) is 0 Å². The molecule has 0 aromatic heterocycles. The Kier molecular flexibility index (Phi) is 5.16. The van der Waals surface area contributed by atoms with Gasteiger partial charge in [0.15, 0.2) is 0 Å². The van der Waals surface area contributed by atoms with Crippen LogP contribution in [0.2, 0.25) is 0 Å². The molecule has 0 aromatic carbocycles. The molecular weight excluding hydrogens is 190 g/mol. The highest BCUT2D eigenvalue weighted by Crippen LogP contribution is 2.09. The van der Waals surface area contributed by atoms with E-state index in [0.717, 1.165) is 38.9 Å². The van der Waals surface area contributed by atoms with Crippen LogP contribution in [0.15, 0.2) is 0 Å². The van der Waals surface area contributed by atoms with Gasteiger partial charge in [0.05, 0.1) is 6.54 Å². The first-order valence-corrected chi connectivity index (χ1v) is 5.42. The highest BCUT2D eigenvalue weighted by molar-refractivity contribution is 5.78. The topological polar surface area (TPSA) is 58.4 Å². The summed E-state index contributed by atoms with van der Waals surface area (Å²) >= 11 is 0. The maximum atomic E-state index is 11.3. The van der Waals surface area contributed by atoms with Crippen LogP contribution in [-0.4, -0.2) is 43.0 Å². The molecule has 1 rings (SSSR count). The number of hydrogen-bond donors (Lipinski definition) is 2. The number of carbonyl (C=O) groups excluding carboxylic acids is 1. The molecule has 15 heavy (non-hydrogen) atoms. The van der Waals surface area contributed by atoms with Crippen LogP contribution < -0.4 is 11.1 Å². The van der Waals surface area contributed by atoms with Crippen molar-refractivity contribution in [3.8, 4) is 12.3 Å². The van der Waals surface area contributed by atoms with Gasteiger partial charge in [-0.1, -0.05) is 0 Å². The van der Waals surface area contributed by atoms with Crippen molar-refractivity contribution in [1.29, 1.82) is 0 Å². The fraction of sp³-hybridized carbons (Fsp3) is 0.727. The van der Waals surface area contributed by atoms with Gasteiger partial charge in [0, 0.05) is 32.1 Å². The quantitative estimate of drug-likeness (QED) is 0.487. The first kappa shape index (κ1) is 12.0. The third-order valence-electron chi connectivity index (χ3n) is 2.72. The smallest absolute Gasteiger partial charge is 0.236 e. The molecule has 0 spiro atoms. The Morgan fingerprint density at radius 1 is 1.53 bits per heavy atom. The van der Waals surface area contributed by atoms with Crippen LogP contribution in [-0.2, 0) is 4.79 Å². The van der Waals surface area contributed by atoms with Crippen molar-refractivity contribution in [2.45, 2.75) is 25.3 Å². The van der Waals surface area contributed by atoms with Gasteiger partial charge in [-0.2, -0.15) is 0 Å². The lowest BCUT2D eigenvalue weighted by Crippen LogP contribution is -2.46. The number of likely N-dealkylation sites (tertiary alicyclic amines) is 1. The Balaban J connectivity index is 2.18. The Morgan fingerprint density at radius 2 is 2.20 bits per heavy atom. The molecule has 0 bridgehead atoms. The molecule has 0 unspecified atom stereocenters. The van der Waals surface area contributed by atoms with Gasteiger partial charge in [0.25, 0.3) is 0 Å². The molecule has 1 aliphatic heterocycles. The number of piperidine rings is 1. The molecule has 3 N–H and O–H groups in total. The van der Waals surface area contributed by atoms with Crippen LogP contribution in [0.1, 0.15) is 19.3 Å². The molecular formula is C11H19N3O. The average molecular weight is 209 g/mol. The summed E-state index contributed by atoms with van der Waals surface area (Å²) in [5, 5.41) is 3.39. The summed E-state index contributed by atoms with van der Waals surface area (Å²) in [4.78, 5) is 13.1. The summed E-state index contributed by atoms with van der Waals surface area (Å²) in [6.07, 6.45) is 7.93. The number of nitrogens with two attached hydrogens (primary N) is 1. The molecule has 84 valence electrons. The van der Waals surface area contributed by atoms with E-state index in [1.807, 2.05) is 4.90 Å². The zero-order valence-electron chi connectivity index (χ0n) is 9.04. The number of rotatable bonds is 4. The van der Waals surface area contributed by atoms with E-state index in [1.54, 1.807) is 0 Å². The second-order valence-corrected chi connectivity index (χ2v) is 3.77. The van der Waals surface area contributed by atoms with Crippen LogP contribution >= 0.6 is 0 Å². The Morgan fingerprint density at radius 3 is 2.73 bits per heavy atom. The largest absolute Gasteiger partial charge is 0.341 e. The summed E-state index contributed by atoms with van der Waals surface area (Å²) in [5.74, 6) is 2.65. The fourth-order valence-electron chi connectivity index (χ4n) is 1.81. The summed E-state index contributed by atoms with van der Waals surface area (Å²) in [6.45, 7) is 2.61. The van der Waals surface area contributed by atoms with E-state index in [9.17, 15) is 4.79 Å². The summed E-state index contributed by atoms with van der Waals surface area (Å²) in [6, 6.07) is 0.500. The number of amides is 1. The Labute approximate surface area is 91.2 Å². The molecule has 0 aromatic rings. The minimum absolute atomic E-state index is 0.0528. The number of nitrogens with zero attached hydrogens (tertiary/aromatic N) is 1. The summed E-state index contributed by atoms with van der Waals surface area (Å²) in [7, 11) is 0. The van der Waals surface area contributed by atoms with Gasteiger partial charge in [0.2, 0.25) is 5.91 Å². The molecule has 4 heteroatoms. The number of carbonyl (C=O) groups is 1. The zero-order valence-corrected chi connectivity index (χ0v) is 9.04. The summed E-state index contributed by atoms with van der Waals surface area (Å²) in [5.41, 5.74) is 5.31. The molecule has 0 saturated carbocycles. The SMILES string of the molecule is C#CCCNC1CCN(C(=O)CN)CC1. The summed E-state index contributed by atoms with van der Waals surface area (Å²) < 4.78 is 0. The molecule has 0 aliphatic carbocycles. The van der Waals surface area contributed by atoms with Crippen molar-refractivity contribution in [2.75, 3.05) is 26.2 Å². The standard InChI is InChI=1S/C11H19N3O/c1-2-3-6-13-10-4-7-14(8-5-10)11(15)9-12/h1,10,13H,3-9,12H2. The molecule has 1 heterocycles. The second kappa shape index (κ2) is 6.44. The van der Waals surface area contributed by atoms with Crippen LogP contribution in [0.25, 0.3) is 0 Å². The van der Waals surface area contributed by atoms with Gasteiger partial charge in [0.1, 0.15) is 0 Å². The van der Waals surface area contributed by atoms with Crippen molar-refractivity contribution < 1.29 is 4.79 Å². The fourth-order valence-corrected chi connectivity index (χ4v) is 1.81. The van der Waals surface area contributed by atoms with E-state index < -0.39 is 0 Å². The molecule has 1 amide bonds. The van der Waals surface area contributed by atoms with Gasteiger partial charge in [-0.3, -0.25) is 4.79 Å². The lowest BCUT2D eigenvalue weighted by molar-refractivity contribution is -0.130. The van der Waals surface area contributed by atoms with E-state index in [1.165, 1.54) is 0 Å². The predicted octanol–water partition coefficient (Wildman–Crippen LogP) is -0.451. The molecule has 1 aliphatic rings. The van der Waals surface area contributed by atoms with Gasteiger partial charge in [-0.15, -0.1) is 12.3 Å². The molecule has 4 nitrogen and oxygen atoms in total. The lowest BCUT2D eigenvalue weighted by Gasteiger charge is -2.32. The van der Waals surface area contributed by atoms with E-state index in [2.05, 4.69) is 11.2 Å². The normalized spacial score (nSPS) is 17.5. The first-order chi connectivity index (χ1) is 7.27. The maximum Gasteiger partial charge on any atom is 0.236 e. The third kappa shape index (κ3) is 3.90.